The summed E-state index contributed by atoms with van der Waals surface area (Å²) in [6, 6.07) is 10.9. The quantitative estimate of drug-likeness (QED) is 0.868. The first kappa shape index (κ1) is 15.0. The number of halogens is 3. The topological polar surface area (TPSA) is 38.5 Å². The van der Waals surface area contributed by atoms with E-state index in [1.54, 1.807) is 42.3 Å². The average Bonchev–Trinajstić information content (AvgIpc) is 2.46. The number of methoxy groups -OCH3 is 1. The summed E-state index contributed by atoms with van der Waals surface area (Å²) in [4.78, 5) is 1.64. The number of nitrogens with two attached hydrogens (primary N) is 1. The van der Waals surface area contributed by atoms with Gasteiger partial charge in [-0.15, -0.1) is 0 Å². The third-order valence-corrected chi connectivity index (χ3v) is 3.17. The molecule has 0 saturated carbocycles. The molecule has 0 spiro atoms. The SMILES string of the molecule is COc1cccc(N(C)c2ccc(N)c(C(F)(F)F)c2)c1. The zero-order valence-corrected chi connectivity index (χ0v) is 11.6. The van der Waals surface area contributed by atoms with Crippen LogP contribution in [0.2, 0.25) is 0 Å². The smallest absolute Gasteiger partial charge is 0.418 e. The number of benzene rings is 2. The van der Waals surface area contributed by atoms with Gasteiger partial charge in [0.25, 0.3) is 0 Å². The van der Waals surface area contributed by atoms with Gasteiger partial charge in [-0.1, -0.05) is 6.07 Å². The summed E-state index contributed by atoms with van der Waals surface area (Å²) in [5, 5.41) is 0. The fraction of sp³-hybridized carbons (Fsp3) is 0.200. The Morgan fingerprint density at radius 2 is 1.71 bits per heavy atom. The molecular weight excluding hydrogens is 281 g/mol. The van der Waals surface area contributed by atoms with E-state index in [0.717, 1.165) is 6.07 Å². The van der Waals surface area contributed by atoms with E-state index in [2.05, 4.69) is 0 Å². The van der Waals surface area contributed by atoms with Gasteiger partial charge in [0.15, 0.2) is 0 Å². The Bertz CT molecular complexity index is 641. The third-order valence-electron chi connectivity index (χ3n) is 3.17. The molecule has 112 valence electrons. The van der Waals surface area contributed by atoms with Crippen molar-refractivity contribution in [2.45, 2.75) is 6.18 Å². The number of ether oxygens (including phenoxy) is 1. The van der Waals surface area contributed by atoms with Gasteiger partial charge in [-0.25, -0.2) is 0 Å². The van der Waals surface area contributed by atoms with Crippen molar-refractivity contribution in [1.29, 1.82) is 0 Å². The average molecular weight is 296 g/mol. The first-order valence-corrected chi connectivity index (χ1v) is 6.17. The summed E-state index contributed by atoms with van der Waals surface area (Å²) < 4.78 is 43.8. The summed E-state index contributed by atoms with van der Waals surface area (Å²) in [6.07, 6.45) is -4.48. The zero-order valence-electron chi connectivity index (χ0n) is 11.6. The van der Waals surface area contributed by atoms with Gasteiger partial charge in [0.05, 0.1) is 12.7 Å². The molecule has 0 aliphatic heterocycles. The number of hydrogen-bond donors (Lipinski definition) is 1. The molecule has 0 radical (unpaired) electrons. The van der Waals surface area contributed by atoms with E-state index in [1.807, 2.05) is 0 Å². The van der Waals surface area contributed by atoms with E-state index in [4.69, 9.17) is 10.5 Å². The van der Waals surface area contributed by atoms with Crippen molar-refractivity contribution in [3.05, 3.63) is 48.0 Å². The highest BCUT2D eigenvalue weighted by atomic mass is 19.4. The minimum absolute atomic E-state index is 0.287. The number of nitrogen functional groups attached to an aromatic ring is 1. The Labute approximate surface area is 120 Å². The molecule has 0 bridgehead atoms. The zero-order chi connectivity index (χ0) is 15.6. The lowest BCUT2D eigenvalue weighted by Crippen LogP contribution is -2.13. The molecule has 21 heavy (non-hydrogen) atoms. The Kier molecular flexibility index (Phi) is 3.97. The lowest BCUT2D eigenvalue weighted by atomic mass is 10.1. The summed E-state index contributed by atoms with van der Waals surface area (Å²) in [5.41, 5.74) is 5.38. The molecule has 0 aliphatic carbocycles. The second-order valence-corrected chi connectivity index (χ2v) is 4.53. The van der Waals surface area contributed by atoms with Crippen molar-refractivity contribution < 1.29 is 17.9 Å². The standard InChI is InChI=1S/C15H15F3N2O/c1-20(10-4-3-5-12(8-10)21-2)11-6-7-14(19)13(9-11)15(16,17)18/h3-9H,19H2,1-2H3. The molecule has 2 aromatic carbocycles. The fourth-order valence-electron chi connectivity index (χ4n) is 1.97. The van der Waals surface area contributed by atoms with Gasteiger partial charge in [0.2, 0.25) is 0 Å². The number of rotatable bonds is 3. The van der Waals surface area contributed by atoms with Crippen molar-refractivity contribution >= 4 is 17.1 Å². The molecule has 2 rings (SSSR count). The molecule has 2 N–H and O–H groups in total. The summed E-state index contributed by atoms with van der Waals surface area (Å²) in [5.74, 6) is 0.630. The fourth-order valence-corrected chi connectivity index (χ4v) is 1.97. The van der Waals surface area contributed by atoms with Crippen LogP contribution >= 0.6 is 0 Å². The molecule has 3 nitrogen and oxygen atoms in total. The number of nitrogens with zero attached hydrogens (tertiary/aromatic N) is 1. The van der Waals surface area contributed by atoms with Gasteiger partial charge in [-0.2, -0.15) is 13.2 Å². The van der Waals surface area contributed by atoms with E-state index < -0.39 is 11.7 Å². The van der Waals surface area contributed by atoms with Crippen LogP contribution in [0.15, 0.2) is 42.5 Å². The van der Waals surface area contributed by atoms with Crippen LogP contribution in [0.3, 0.4) is 0 Å². The molecule has 0 saturated heterocycles. The van der Waals surface area contributed by atoms with Crippen molar-refractivity contribution in [3.8, 4) is 5.75 Å². The maximum absolute atomic E-state index is 12.9. The minimum atomic E-state index is -4.48. The molecular formula is C15H15F3N2O. The van der Waals surface area contributed by atoms with Crippen molar-refractivity contribution in [2.24, 2.45) is 0 Å². The van der Waals surface area contributed by atoms with Gasteiger partial charge >= 0.3 is 6.18 Å². The normalized spacial score (nSPS) is 11.3. The van der Waals surface area contributed by atoms with E-state index in [0.29, 0.717) is 17.1 Å². The first-order valence-electron chi connectivity index (χ1n) is 6.17. The Hall–Kier alpha value is -2.37. The van der Waals surface area contributed by atoms with Crippen molar-refractivity contribution in [3.63, 3.8) is 0 Å². The Balaban J connectivity index is 2.41. The lowest BCUT2D eigenvalue weighted by Gasteiger charge is -2.22. The van der Waals surface area contributed by atoms with Crippen LogP contribution in [-0.2, 0) is 6.18 Å². The maximum Gasteiger partial charge on any atom is 0.418 e. The molecule has 2 aromatic rings. The third kappa shape index (κ3) is 3.21. The van der Waals surface area contributed by atoms with Crippen LogP contribution in [0.4, 0.5) is 30.2 Å². The summed E-state index contributed by atoms with van der Waals surface area (Å²) >= 11 is 0. The maximum atomic E-state index is 12.9. The van der Waals surface area contributed by atoms with Crippen molar-refractivity contribution in [2.75, 3.05) is 24.8 Å². The van der Waals surface area contributed by atoms with Gasteiger partial charge in [0.1, 0.15) is 5.75 Å². The van der Waals surface area contributed by atoms with Crippen molar-refractivity contribution in [1.82, 2.24) is 0 Å². The van der Waals surface area contributed by atoms with E-state index in [9.17, 15) is 13.2 Å². The molecule has 6 heteroatoms. The second-order valence-electron chi connectivity index (χ2n) is 4.53. The van der Waals surface area contributed by atoms with Gasteiger partial charge in [-0.3, -0.25) is 0 Å². The summed E-state index contributed by atoms with van der Waals surface area (Å²) in [7, 11) is 3.21. The minimum Gasteiger partial charge on any atom is -0.497 e. The molecule has 0 atom stereocenters. The largest absolute Gasteiger partial charge is 0.497 e. The predicted molar refractivity (Wildman–Crippen MR) is 76.9 cm³/mol. The van der Waals surface area contributed by atoms with Gasteiger partial charge in [0, 0.05) is 30.2 Å². The van der Waals surface area contributed by atoms with Gasteiger partial charge in [-0.05, 0) is 30.3 Å². The highest BCUT2D eigenvalue weighted by Crippen LogP contribution is 2.37. The molecule has 0 aromatic heterocycles. The van der Waals surface area contributed by atoms with E-state index in [-0.39, 0.29) is 5.69 Å². The first-order chi connectivity index (χ1) is 9.82. The monoisotopic (exact) mass is 296 g/mol. The van der Waals surface area contributed by atoms with Crippen LogP contribution in [0, 0.1) is 0 Å². The van der Waals surface area contributed by atoms with Crippen LogP contribution in [0.5, 0.6) is 5.75 Å². The number of hydrogen-bond acceptors (Lipinski definition) is 3. The number of alkyl halides is 3. The molecule has 0 amide bonds. The van der Waals surface area contributed by atoms with Crippen LogP contribution in [-0.4, -0.2) is 14.2 Å². The second kappa shape index (κ2) is 5.55. The number of anilines is 3. The Morgan fingerprint density at radius 1 is 1.05 bits per heavy atom. The molecule has 0 unspecified atom stereocenters. The highest BCUT2D eigenvalue weighted by molar-refractivity contribution is 5.67. The predicted octanol–water partition coefficient (Wildman–Crippen LogP) is 4.06. The van der Waals surface area contributed by atoms with Crippen LogP contribution in [0.1, 0.15) is 5.56 Å². The lowest BCUT2D eigenvalue weighted by molar-refractivity contribution is -0.136. The molecule has 0 fully saturated rings. The van der Waals surface area contributed by atoms with Crippen LogP contribution < -0.4 is 15.4 Å². The van der Waals surface area contributed by atoms with Gasteiger partial charge < -0.3 is 15.4 Å². The Morgan fingerprint density at radius 3 is 2.33 bits per heavy atom. The van der Waals surface area contributed by atoms with E-state index in [1.165, 1.54) is 13.2 Å². The summed E-state index contributed by atoms with van der Waals surface area (Å²) in [6.45, 7) is 0. The molecule has 0 aliphatic rings. The molecule has 0 heterocycles. The van der Waals surface area contributed by atoms with E-state index >= 15 is 0 Å². The van der Waals surface area contributed by atoms with Crippen LogP contribution in [0.25, 0.3) is 0 Å². The highest BCUT2D eigenvalue weighted by Gasteiger charge is 2.33.